The number of aromatic nitrogens is 1. The average Bonchev–Trinajstić information content (AvgIpc) is 3.16. The van der Waals surface area contributed by atoms with Crippen molar-refractivity contribution in [2.75, 3.05) is 20.3 Å². The zero-order valence-electron chi connectivity index (χ0n) is 12.2. The van der Waals surface area contributed by atoms with Gasteiger partial charge in [0.15, 0.2) is 0 Å². The van der Waals surface area contributed by atoms with Crippen molar-refractivity contribution >= 4 is 11.3 Å². The third-order valence-electron chi connectivity index (χ3n) is 3.96. The topological polar surface area (TPSA) is 45.6 Å². The molecule has 0 aliphatic carbocycles. The molecule has 112 valence electrons. The van der Waals surface area contributed by atoms with Crippen molar-refractivity contribution in [1.29, 1.82) is 0 Å². The first-order chi connectivity index (χ1) is 10.3. The number of aliphatic hydroxyl groups is 1. The molecule has 0 amide bonds. The summed E-state index contributed by atoms with van der Waals surface area (Å²) >= 11 is 1.64. The first kappa shape index (κ1) is 14.5. The molecule has 3 rings (SSSR count). The zero-order chi connectivity index (χ0) is 14.7. The fourth-order valence-corrected chi connectivity index (χ4v) is 3.68. The van der Waals surface area contributed by atoms with Crippen LogP contribution in [0.2, 0.25) is 0 Å². The van der Waals surface area contributed by atoms with E-state index in [4.69, 9.17) is 9.72 Å². The van der Waals surface area contributed by atoms with Gasteiger partial charge in [-0.05, 0) is 31.5 Å². The predicted molar refractivity (Wildman–Crippen MR) is 84.6 cm³/mol. The van der Waals surface area contributed by atoms with Crippen LogP contribution in [0.1, 0.15) is 18.5 Å². The van der Waals surface area contributed by atoms with Crippen molar-refractivity contribution in [3.63, 3.8) is 0 Å². The molecule has 4 nitrogen and oxygen atoms in total. The number of thiazole rings is 1. The van der Waals surface area contributed by atoms with Crippen LogP contribution in [-0.2, 0) is 6.54 Å². The first-order valence-corrected chi connectivity index (χ1v) is 8.12. The Morgan fingerprint density at radius 2 is 2.29 bits per heavy atom. The van der Waals surface area contributed by atoms with Crippen LogP contribution in [-0.4, -0.2) is 41.3 Å². The maximum Gasteiger partial charge on any atom is 0.129 e. The molecule has 1 aromatic carbocycles. The van der Waals surface area contributed by atoms with Gasteiger partial charge in [0, 0.05) is 18.0 Å². The molecule has 0 radical (unpaired) electrons. The second-order valence-corrected chi connectivity index (χ2v) is 6.15. The van der Waals surface area contributed by atoms with Gasteiger partial charge >= 0.3 is 0 Å². The van der Waals surface area contributed by atoms with Gasteiger partial charge in [-0.15, -0.1) is 11.3 Å². The molecule has 0 bridgehead atoms. The largest absolute Gasteiger partial charge is 0.496 e. The summed E-state index contributed by atoms with van der Waals surface area (Å²) < 4.78 is 5.40. The van der Waals surface area contributed by atoms with E-state index in [1.54, 1.807) is 18.4 Å². The Morgan fingerprint density at radius 3 is 3.10 bits per heavy atom. The predicted octanol–water partition coefficient (Wildman–Crippen LogP) is 2.78. The van der Waals surface area contributed by atoms with Gasteiger partial charge in [0.2, 0.25) is 0 Å². The van der Waals surface area contributed by atoms with E-state index < -0.39 is 0 Å². The van der Waals surface area contributed by atoms with Crippen LogP contribution in [0.3, 0.4) is 0 Å². The van der Waals surface area contributed by atoms with Gasteiger partial charge in [0.25, 0.3) is 0 Å². The summed E-state index contributed by atoms with van der Waals surface area (Å²) in [5, 5.41) is 12.5. The van der Waals surface area contributed by atoms with Crippen molar-refractivity contribution in [1.82, 2.24) is 9.88 Å². The van der Waals surface area contributed by atoms with E-state index in [1.165, 1.54) is 0 Å². The van der Waals surface area contributed by atoms with Gasteiger partial charge in [-0.2, -0.15) is 0 Å². The fraction of sp³-hybridized carbons (Fsp3) is 0.438. The van der Waals surface area contributed by atoms with Gasteiger partial charge in [0.1, 0.15) is 10.8 Å². The quantitative estimate of drug-likeness (QED) is 0.922. The molecule has 1 atom stereocenters. The maximum absolute atomic E-state index is 9.39. The van der Waals surface area contributed by atoms with Crippen LogP contribution in [0.25, 0.3) is 10.6 Å². The third-order valence-corrected chi connectivity index (χ3v) is 4.89. The third kappa shape index (κ3) is 3.10. The number of hydrogen-bond donors (Lipinski definition) is 1. The van der Waals surface area contributed by atoms with Crippen molar-refractivity contribution < 1.29 is 9.84 Å². The Morgan fingerprint density at radius 1 is 1.43 bits per heavy atom. The SMILES string of the molecule is COc1ccccc1-c1nc(CN2CCC[C@H]2CO)cs1. The summed E-state index contributed by atoms with van der Waals surface area (Å²) in [6.45, 7) is 2.10. The highest BCUT2D eigenvalue weighted by atomic mass is 32.1. The lowest BCUT2D eigenvalue weighted by atomic mass is 10.2. The standard InChI is InChI=1S/C16H20N2O2S/c1-20-15-7-3-2-6-14(15)16-17-12(11-21-16)9-18-8-4-5-13(18)10-19/h2-3,6-7,11,13,19H,4-5,8-10H2,1H3/t13-/m0/s1. The Bertz CT molecular complexity index is 599. The summed E-state index contributed by atoms with van der Waals surface area (Å²) in [5.74, 6) is 0.854. The van der Waals surface area contributed by atoms with E-state index >= 15 is 0 Å². The number of likely N-dealkylation sites (tertiary alicyclic amines) is 1. The molecular weight excluding hydrogens is 284 g/mol. The highest BCUT2D eigenvalue weighted by Gasteiger charge is 2.24. The van der Waals surface area contributed by atoms with Crippen molar-refractivity contribution in [2.24, 2.45) is 0 Å². The summed E-state index contributed by atoms with van der Waals surface area (Å²) in [6.07, 6.45) is 2.24. The number of benzene rings is 1. The van der Waals surface area contributed by atoms with Crippen LogP contribution in [0, 0.1) is 0 Å². The molecule has 0 unspecified atom stereocenters. The van der Waals surface area contributed by atoms with E-state index in [1.807, 2.05) is 24.3 Å². The highest BCUT2D eigenvalue weighted by molar-refractivity contribution is 7.13. The van der Waals surface area contributed by atoms with E-state index in [9.17, 15) is 5.11 Å². The van der Waals surface area contributed by atoms with Crippen LogP contribution in [0.4, 0.5) is 0 Å². The number of rotatable bonds is 5. The molecule has 0 saturated carbocycles. The van der Waals surface area contributed by atoms with Crippen molar-refractivity contribution in [2.45, 2.75) is 25.4 Å². The van der Waals surface area contributed by atoms with E-state index in [2.05, 4.69) is 10.3 Å². The van der Waals surface area contributed by atoms with E-state index in [0.29, 0.717) is 6.04 Å². The van der Waals surface area contributed by atoms with Crippen molar-refractivity contribution in [3.05, 3.63) is 35.3 Å². The molecule has 1 fully saturated rings. The normalized spacial score (nSPS) is 19.0. The number of methoxy groups -OCH3 is 1. The Hall–Kier alpha value is -1.43. The molecule has 1 aromatic heterocycles. The fourth-order valence-electron chi connectivity index (χ4n) is 2.84. The molecule has 1 aliphatic rings. The molecule has 2 heterocycles. The molecule has 21 heavy (non-hydrogen) atoms. The lowest BCUT2D eigenvalue weighted by molar-refractivity contribution is 0.152. The monoisotopic (exact) mass is 304 g/mol. The highest BCUT2D eigenvalue weighted by Crippen LogP contribution is 2.32. The van der Waals surface area contributed by atoms with Gasteiger partial charge in [-0.3, -0.25) is 4.90 Å². The van der Waals surface area contributed by atoms with Crippen LogP contribution >= 0.6 is 11.3 Å². The summed E-state index contributed by atoms with van der Waals surface area (Å²) in [5.41, 5.74) is 2.11. The first-order valence-electron chi connectivity index (χ1n) is 7.24. The van der Waals surface area contributed by atoms with Gasteiger partial charge in [0.05, 0.1) is 25.0 Å². The van der Waals surface area contributed by atoms with Gasteiger partial charge in [-0.25, -0.2) is 4.98 Å². The molecule has 5 heteroatoms. The lowest BCUT2D eigenvalue weighted by Crippen LogP contribution is -2.31. The minimum absolute atomic E-state index is 0.240. The minimum Gasteiger partial charge on any atom is -0.496 e. The van der Waals surface area contributed by atoms with Crippen LogP contribution in [0.15, 0.2) is 29.6 Å². The van der Waals surface area contributed by atoms with E-state index in [0.717, 1.165) is 47.9 Å². The maximum atomic E-state index is 9.39. The molecular formula is C16H20N2O2S. The molecule has 2 aromatic rings. The lowest BCUT2D eigenvalue weighted by Gasteiger charge is -2.21. The van der Waals surface area contributed by atoms with Crippen LogP contribution in [0.5, 0.6) is 5.75 Å². The summed E-state index contributed by atoms with van der Waals surface area (Å²) in [4.78, 5) is 7.06. The number of nitrogens with zero attached hydrogens (tertiary/aromatic N) is 2. The number of para-hydroxylation sites is 1. The molecule has 1 N–H and O–H groups in total. The Labute approximate surface area is 129 Å². The second-order valence-electron chi connectivity index (χ2n) is 5.29. The summed E-state index contributed by atoms with van der Waals surface area (Å²) in [6, 6.07) is 8.25. The van der Waals surface area contributed by atoms with Gasteiger partial charge in [-0.1, -0.05) is 12.1 Å². The molecule has 1 aliphatic heterocycles. The molecule has 1 saturated heterocycles. The Kier molecular flexibility index (Phi) is 4.53. The zero-order valence-corrected chi connectivity index (χ0v) is 13.0. The van der Waals surface area contributed by atoms with Crippen molar-refractivity contribution in [3.8, 4) is 16.3 Å². The second kappa shape index (κ2) is 6.56. The number of ether oxygens (including phenoxy) is 1. The van der Waals surface area contributed by atoms with Gasteiger partial charge < -0.3 is 9.84 Å². The molecule has 0 spiro atoms. The average molecular weight is 304 g/mol. The Balaban J connectivity index is 1.77. The summed E-state index contributed by atoms with van der Waals surface area (Å²) in [7, 11) is 1.68. The van der Waals surface area contributed by atoms with E-state index in [-0.39, 0.29) is 6.61 Å². The smallest absolute Gasteiger partial charge is 0.129 e. The van der Waals surface area contributed by atoms with Crippen LogP contribution < -0.4 is 4.74 Å². The number of hydrogen-bond acceptors (Lipinski definition) is 5. The number of aliphatic hydroxyl groups excluding tert-OH is 1. The minimum atomic E-state index is 0.240.